The first-order valence-corrected chi connectivity index (χ1v) is 32.1. The fraction of sp³-hybridized carbons (Fsp3) is 0.633. The fourth-order valence-corrected chi connectivity index (χ4v) is 16.8. The zero-order valence-corrected chi connectivity index (χ0v) is 49.0. The van der Waals surface area contributed by atoms with Crippen molar-refractivity contribution in [1.29, 1.82) is 0 Å². The smallest absolute Gasteiger partial charge is 0.261 e. The summed E-state index contributed by atoms with van der Waals surface area (Å²) in [5.74, 6) is 0.780. The monoisotopic (exact) mass is 1060 g/mol. The van der Waals surface area contributed by atoms with Crippen LogP contribution in [0.15, 0.2) is 47.5 Å². The van der Waals surface area contributed by atoms with Gasteiger partial charge in [0, 0.05) is 62.5 Å². The molecule has 11 heteroatoms. The van der Waals surface area contributed by atoms with Crippen LogP contribution in [0.4, 0.5) is 0 Å². The molecule has 390 valence electrons. The van der Waals surface area contributed by atoms with Gasteiger partial charge in [-0.05, 0) is 102 Å². The molecule has 5 aromatic heterocycles. The van der Waals surface area contributed by atoms with Gasteiger partial charge in [-0.15, -0.1) is 56.7 Å². The number of rotatable bonds is 33. The Balaban J connectivity index is 1.33. The number of nitrogens with two attached hydrogens (primary N) is 2. The Hall–Kier alpha value is -2.64. The molecule has 0 saturated carbocycles. The Bertz CT molecular complexity index is 2500. The highest BCUT2D eigenvalue weighted by Gasteiger charge is 2.50. The lowest BCUT2D eigenvalue weighted by Crippen LogP contribution is -2.34. The van der Waals surface area contributed by atoms with Crippen LogP contribution in [0.5, 0.6) is 0 Å². The van der Waals surface area contributed by atoms with E-state index in [0.717, 1.165) is 51.7 Å². The molecule has 2 aliphatic heterocycles. The van der Waals surface area contributed by atoms with Crippen molar-refractivity contribution in [3.63, 3.8) is 0 Å². The van der Waals surface area contributed by atoms with Crippen LogP contribution in [-0.2, 0) is 20.7 Å². The highest BCUT2D eigenvalue weighted by Crippen LogP contribution is 2.53. The molecule has 2 atom stereocenters. The molecule has 0 spiro atoms. The van der Waals surface area contributed by atoms with E-state index < -0.39 is 11.1 Å². The molecule has 0 aliphatic carbocycles. The number of fused-ring (bicyclic) bond motifs is 3. The second kappa shape index (κ2) is 26.2. The minimum atomic E-state index is -0.443. The molecule has 4 N–H and O–H groups in total. The van der Waals surface area contributed by atoms with Crippen molar-refractivity contribution in [3.8, 4) is 9.75 Å². The Kier molecular flexibility index (Phi) is 20.7. The summed E-state index contributed by atoms with van der Waals surface area (Å²) in [4.78, 5) is 42.8. The highest BCUT2D eigenvalue weighted by atomic mass is 32.1. The summed E-state index contributed by atoms with van der Waals surface area (Å²) in [6.07, 6.45) is 29.3. The van der Waals surface area contributed by atoms with Gasteiger partial charge >= 0.3 is 0 Å². The van der Waals surface area contributed by atoms with E-state index in [-0.39, 0.29) is 11.8 Å². The quantitative estimate of drug-likeness (QED) is 0.0410. The topological polar surface area (TPSA) is 92.7 Å². The third-order valence-corrected chi connectivity index (χ3v) is 21.5. The van der Waals surface area contributed by atoms with Gasteiger partial charge in [0.15, 0.2) is 0 Å². The molecule has 71 heavy (non-hydrogen) atoms. The standard InChI is InChI=1S/C60H88N4O2S5/c1-9-13-17-21-23-27-31-41(29-25-19-15-11-3)39-63-55(49-36-46-45(68-49)35-44(67-46)43-33-34-51(70-43)59(5,6)61)53-54(58(63)66)56(50-37-47-48(69-50)38-52(71-47)60(7,8)62)64(57(53)65)40-42(30-26-20-16-12-4)32-28-24-22-18-14-10-2/h33-38,41-42H,9-32,39-40,61-62H2,1-8H3. The van der Waals surface area contributed by atoms with Gasteiger partial charge in [0.1, 0.15) is 0 Å². The number of nitrogens with zero attached hydrogens (tertiary/aromatic N) is 2. The van der Waals surface area contributed by atoms with E-state index in [1.807, 2.05) is 11.3 Å². The highest BCUT2D eigenvalue weighted by molar-refractivity contribution is 7.31. The van der Waals surface area contributed by atoms with Gasteiger partial charge in [0.25, 0.3) is 11.8 Å². The van der Waals surface area contributed by atoms with E-state index in [1.165, 1.54) is 162 Å². The van der Waals surface area contributed by atoms with Gasteiger partial charge < -0.3 is 21.3 Å². The molecule has 0 aromatic carbocycles. The Morgan fingerprint density at radius 2 is 0.775 bits per heavy atom. The first kappa shape index (κ1) is 56.1. The summed E-state index contributed by atoms with van der Waals surface area (Å²) in [5.41, 5.74) is 15.3. The van der Waals surface area contributed by atoms with Crippen molar-refractivity contribution >= 4 is 98.7 Å². The predicted molar refractivity (Wildman–Crippen MR) is 315 cm³/mol. The molecule has 0 fully saturated rings. The average molecular weight is 1060 g/mol. The number of carbonyl (C=O) groups is 2. The number of hydrogen-bond acceptors (Lipinski definition) is 9. The number of thiophene rings is 5. The van der Waals surface area contributed by atoms with Gasteiger partial charge in [-0.3, -0.25) is 9.59 Å². The molecule has 2 amide bonds. The van der Waals surface area contributed by atoms with Crippen LogP contribution >= 0.6 is 56.7 Å². The summed E-state index contributed by atoms with van der Waals surface area (Å²) >= 11 is 8.81. The van der Waals surface area contributed by atoms with E-state index in [2.05, 4.69) is 102 Å². The lowest BCUT2D eigenvalue weighted by molar-refractivity contribution is -0.124. The molecule has 0 radical (unpaired) electrons. The summed E-state index contributed by atoms with van der Waals surface area (Å²) in [6, 6.07) is 13.5. The van der Waals surface area contributed by atoms with E-state index in [9.17, 15) is 0 Å². The minimum absolute atomic E-state index is 0.0197. The predicted octanol–water partition coefficient (Wildman–Crippen LogP) is 18.8. The molecule has 0 bridgehead atoms. The zero-order chi connectivity index (χ0) is 50.7. The molecule has 6 nitrogen and oxygen atoms in total. The molecule has 2 unspecified atom stereocenters. The average Bonchev–Trinajstić information content (AvgIpc) is 4.20. The SMILES string of the molecule is CCCCCCCCC(CCCCCC)CN1C(=O)C2=C(c3cc4sc(C(C)(C)N)cc4s3)N(CC(CCCCCC)CCCCCCCC)C(=O)C2=C1c1cc2sc(-c3ccc(C(C)(C)N)s3)cc2s1. The van der Waals surface area contributed by atoms with Crippen LogP contribution in [0, 0.1) is 11.8 Å². The summed E-state index contributed by atoms with van der Waals surface area (Å²) in [5, 5.41) is 0. The molecular weight excluding hydrogens is 969 g/mol. The summed E-state index contributed by atoms with van der Waals surface area (Å²) in [6.45, 7) is 18.7. The van der Waals surface area contributed by atoms with Crippen LogP contribution < -0.4 is 11.5 Å². The fourth-order valence-electron chi connectivity index (χ4n) is 10.7. The lowest BCUT2D eigenvalue weighted by Gasteiger charge is -2.29. The van der Waals surface area contributed by atoms with Crippen molar-refractivity contribution in [2.45, 2.75) is 221 Å². The number of carbonyl (C=O) groups excluding carboxylic acids is 2. The van der Waals surface area contributed by atoms with Crippen molar-refractivity contribution in [3.05, 3.63) is 67.1 Å². The zero-order valence-electron chi connectivity index (χ0n) is 44.9. The van der Waals surface area contributed by atoms with E-state index in [0.29, 0.717) is 36.1 Å². The second-order valence-corrected chi connectivity index (χ2v) is 27.7. The van der Waals surface area contributed by atoms with Crippen LogP contribution in [0.3, 0.4) is 0 Å². The third kappa shape index (κ3) is 14.2. The summed E-state index contributed by atoms with van der Waals surface area (Å²) < 4.78 is 4.76. The number of unbranched alkanes of at least 4 members (excludes halogenated alkanes) is 16. The van der Waals surface area contributed by atoms with E-state index >= 15 is 9.59 Å². The second-order valence-electron chi connectivity index (χ2n) is 22.3. The van der Waals surface area contributed by atoms with Gasteiger partial charge in [-0.2, -0.15) is 0 Å². The van der Waals surface area contributed by atoms with Crippen molar-refractivity contribution in [1.82, 2.24) is 9.80 Å². The number of hydrogen-bond donors (Lipinski definition) is 2. The molecule has 7 rings (SSSR count). The molecular formula is C60H88N4O2S5. The first-order chi connectivity index (χ1) is 34.2. The van der Waals surface area contributed by atoms with Crippen LogP contribution in [0.1, 0.15) is 229 Å². The van der Waals surface area contributed by atoms with Crippen molar-refractivity contribution < 1.29 is 9.59 Å². The third-order valence-electron chi connectivity index (χ3n) is 14.9. The van der Waals surface area contributed by atoms with Crippen LogP contribution in [0.25, 0.3) is 39.9 Å². The maximum Gasteiger partial charge on any atom is 0.261 e. The first-order valence-electron chi connectivity index (χ1n) is 28.1. The molecule has 2 aliphatic rings. The van der Waals surface area contributed by atoms with Crippen LogP contribution in [0.2, 0.25) is 0 Å². The van der Waals surface area contributed by atoms with Gasteiger partial charge in [0.05, 0.1) is 32.3 Å². The maximum absolute atomic E-state index is 15.9. The number of amides is 2. The van der Waals surface area contributed by atoms with Crippen molar-refractivity contribution in [2.24, 2.45) is 23.3 Å². The normalized spacial score (nSPS) is 15.6. The van der Waals surface area contributed by atoms with Gasteiger partial charge in [0.2, 0.25) is 0 Å². The Morgan fingerprint density at radius 3 is 1.17 bits per heavy atom. The minimum Gasteiger partial charge on any atom is -0.321 e. The Morgan fingerprint density at radius 1 is 0.423 bits per heavy atom. The molecule has 7 heterocycles. The Labute approximate surface area is 448 Å². The van der Waals surface area contributed by atoms with Gasteiger partial charge in [-0.1, -0.05) is 156 Å². The van der Waals surface area contributed by atoms with E-state index in [4.69, 9.17) is 11.5 Å². The van der Waals surface area contributed by atoms with Gasteiger partial charge in [-0.25, -0.2) is 0 Å². The van der Waals surface area contributed by atoms with Crippen molar-refractivity contribution in [2.75, 3.05) is 13.1 Å². The van der Waals surface area contributed by atoms with E-state index in [1.54, 1.807) is 45.3 Å². The molecule has 0 saturated heterocycles. The van der Waals surface area contributed by atoms with Crippen LogP contribution in [-0.4, -0.2) is 34.7 Å². The summed E-state index contributed by atoms with van der Waals surface area (Å²) in [7, 11) is 0. The lowest BCUT2D eigenvalue weighted by atomic mass is 9.93. The molecule has 5 aromatic rings. The largest absolute Gasteiger partial charge is 0.321 e. The maximum atomic E-state index is 15.9.